The number of para-hydroxylation sites is 1. The van der Waals surface area contributed by atoms with Gasteiger partial charge in [0.05, 0.1) is 10.2 Å². The first-order valence-corrected chi connectivity index (χ1v) is 4.74. The van der Waals surface area contributed by atoms with Crippen molar-refractivity contribution in [2.45, 2.75) is 13.0 Å². The number of nitrogens with one attached hydrogen (secondary N) is 1. The lowest BCUT2D eigenvalue weighted by Crippen LogP contribution is -2.34. The van der Waals surface area contributed by atoms with E-state index >= 15 is 0 Å². The molecule has 1 aliphatic rings. The number of benzene rings is 1. The molecule has 0 aromatic heterocycles. The summed E-state index contributed by atoms with van der Waals surface area (Å²) in [7, 11) is 0. The van der Waals surface area contributed by atoms with Crippen LogP contribution in [0.15, 0.2) is 22.7 Å². The summed E-state index contributed by atoms with van der Waals surface area (Å²) >= 11 is 3.31. The van der Waals surface area contributed by atoms with Gasteiger partial charge in [-0.25, -0.2) is 4.79 Å². The Morgan fingerprint density at radius 1 is 1.54 bits per heavy atom. The van der Waals surface area contributed by atoms with Gasteiger partial charge in [-0.2, -0.15) is 0 Å². The van der Waals surface area contributed by atoms with Crippen LogP contribution in [0.1, 0.15) is 6.92 Å². The number of esters is 1. The lowest BCUT2D eigenvalue weighted by Gasteiger charge is -2.23. The second-order valence-corrected chi connectivity index (χ2v) is 3.76. The maximum atomic E-state index is 11.2. The summed E-state index contributed by atoms with van der Waals surface area (Å²) in [5.74, 6) is 0.324. The van der Waals surface area contributed by atoms with Crippen molar-refractivity contribution in [3.05, 3.63) is 22.7 Å². The molecule has 1 aromatic rings. The maximum Gasteiger partial charge on any atom is 0.333 e. The van der Waals surface area contributed by atoms with Crippen LogP contribution in [0, 0.1) is 0 Å². The van der Waals surface area contributed by atoms with Crippen molar-refractivity contribution in [1.29, 1.82) is 0 Å². The van der Waals surface area contributed by atoms with Crippen molar-refractivity contribution in [3.63, 3.8) is 0 Å². The van der Waals surface area contributed by atoms with Gasteiger partial charge in [0.1, 0.15) is 6.04 Å². The first-order chi connectivity index (χ1) is 6.18. The Kier molecular flexibility index (Phi) is 2.00. The van der Waals surface area contributed by atoms with Gasteiger partial charge < -0.3 is 10.1 Å². The number of anilines is 1. The van der Waals surface area contributed by atoms with Crippen LogP contribution in [0.3, 0.4) is 0 Å². The van der Waals surface area contributed by atoms with Gasteiger partial charge in [0, 0.05) is 0 Å². The van der Waals surface area contributed by atoms with Crippen LogP contribution in [0.4, 0.5) is 5.69 Å². The summed E-state index contributed by atoms with van der Waals surface area (Å²) in [5.41, 5.74) is 0.849. The quantitative estimate of drug-likeness (QED) is 0.559. The summed E-state index contributed by atoms with van der Waals surface area (Å²) in [6.07, 6.45) is 0. The average Bonchev–Trinajstić information content (AvgIpc) is 2.09. The third-order valence-electron chi connectivity index (χ3n) is 1.90. The number of hydrogen-bond donors (Lipinski definition) is 1. The molecule has 0 spiro atoms. The fourth-order valence-electron chi connectivity index (χ4n) is 1.21. The monoisotopic (exact) mass is 241 g/mol. The van der Waals surface area contributed by atoms with Crippen LogP contribution in [0.25, 0.3) is 0 Å². The van der Waals surface area contributed by atoms with E-state index in [0.717, 1.165) is 10.2 Å². The van der Waals surface area contributed by atoms with Gasteiger partial charge in [0.25, 0.3) is 0 Å². The van der Waals surface area contributed by atoms with Crippen LogP contribution in [0.2, 0.25) is 0 Å². The number of hydrogen-bond acceptors (Lipinski definition) is 3. The van der Waals surface area contributed by atoms with E-state index in [1.165, 1.54) is 0 Å². The average molecular weight is 242 g/mol. The molecular formula is C9H8BrNO2. The zero-order chi connectivity index (χ0) is 9.42. The second-order valence-electron chi connectivity index (χ2n) is 2.90. The Balaban J connectivity index is 2.48. The zero-order valence-corrected chi connectivity index (χ0v) is 8.59. The van der Waals surface area contributed by atoms with Gasteiger partial charge in [0.15, 0.2) is 5.75 Å². The van der Waals surface area contributed by atoms with E-state index in [-0.39, 0.29) is 12.0 Å². The van der Waals surface area contributed by atoms with Crippen molar-refractivity contribution in [2.75, 3.05) is 5.32 Å². The number of carbonyl (C=O) groups is 1. The molecular weight excluding hydrogens is 234 g/mol. The summed E-state index contributed by atoms with van der Waals surface area (Å²) in [6.45, 7) is 1.77. The highest BCUT2D eigenvalue weighted by Crippen LogP contribution is 2.36. The molecule has 2 rings (SSSR count). The number of fused-ring (bicyclic) bond motifs is 1. The highest BCUT2D eigenvalue weighted by atomic mass is 79.9. The van der Waals surface area contributed by atoms with E-state index in [1.54, 1.807) is 6.92 Å². The molecule has 1 heterocycles. The van der Waals surface area contributed by atoms with Gasteiger partial charge in [0.2, 0.25) is 0 Å². The molecule has 0 aliphatic carbocycles. The standard InChI is InChI=1S/C9H8BrNO2/c1-5-9(12)13-8-6(10)3-2-4-7(8)11-5/h2-5,11H,1H3. The molecule has 3 nitrogen and oxygen atoms in total. The normalized spacial score (nSPS) is 20.2. The fraction of sp³-hybridized carbons (Fsp3) is 0.222. The Bertz CT molecular complexity index is 365. The molecule has 0 amide bonds. The molecule has 0 bridgehead atoms. The third-order valence-corrected chi connectivity index (χ3v) is 2.52. The van der Waals surface area contributed by atoms with Gasteiger partial charge in [-0.1, -0.05) is 6.07 Å². The molecule has 1 atom stereocenters. The van der Waals surface area contributed by atoms with Crippen LogP contribution in [-0.2, 0) is 4.79 Å². The van der Waals surface area contributed by atoms with Crippen molar-refractivity contribution >= 4 is 27.6 Å². The molecule has 1 unspecified atom stereocenters. The smallest absolute Gasteiger partial charge is 0.333 e. The topological polar surface area (TPSA) is 38.3 Å². The minimum Gasteiger partial charge on any atom is -0.422 e. The summed E-state index contributed by atoms with van der Waals surface area (Å²) in [5, 5.41) is 3.05. The van der Waals surface area contributed by atoms with E-state index in [2.05, 4.69) is 21.2 Å². The largest absolute Gasteiger partial charge is 0.422 e. The summed E-state index contributed by atoms with van der Waals surface area (Å²) in [4.78, 5) is 11.2. The van der Waals surface area contributed by atoms with Crippen molar-refractivity contribution in [3.8, 4) is 5.75 Å². The number of ether oxygens (including phenoxy) is 1. The maximum absolute atomic E-state index is 11.2. The first kappa shape index (κ1) is 8.56. The molecule has 4 heteroatoms. The van der Waals surface area contributed by atoms with Gasteiger partial charge in [-0.15, -0.1) is 0 Å². The number of carbonyl (C=O) groups excluding carboxylic acids is 1. The van der Waals surface area contributed by atoms with Crippen molar-refractivity contribution in [1.82, 2.24) is 0 Å². The highest BCUT2D eigenvalue weighted by molar-refractivity contribution is 9.10. The number of rotatable bonds is 0. The third kappa shape index (κ3) is 1.42. The van der Waals surface area contributed by atoms with Crippen LogP contribution in [0.5, 0.6) is 5.75 Å². The van der Waals surface area contributed by atoms with E-state index in [4.69, 9.17) is 4.74 Å². The molecule has 0 saturated heterocycles. The summed E-state index contributed by atoms with van der Waals surface area (Å²) in [6, 6.07) is 5.33. The Hall–Kier alpha value is -1.03. The predicted octanol–water partition coefficient (Wildman–Crippen LogP) is 2.17. The second kappa shape index (κ2) is 3.03. The summed E-state index contributed by atoms with van der Waals surface area (Å²) < 4.78 is 5.92. The molecule has 0 radical (unpaired) electrons. The molecule has 1 aliphatic heterocycles. The van der Waals surface area contributed by atoms with Gasteiger partial charge >= 0.3 is 5.97 Å². The molecule has 1 aromatic carbocycles. The molecule has 0 saturated carbocycles. The fourth-order valence-corrected chi connectivity index (χ4v) is 1.65. The van der Waals surface area contributed by atoms with Crippen LogP contribution in [-0.4, -0.2) is 12.0 Å². The predicted molar refractivity (Wildman–Crippen MR) is 52.9 cm³/mol. The van der Waals surface area contributed by atoms with Crippen LogP contribution >= 0.6 is 15.9 Å². The zero-order valence-electron chi connectivity index (χ0n) is 7.00. The lowest BCUT2D eigenvalue weighted by molar-refractivity contribution is -0.135. The van der Waals surface area contributed by atoms with E-state index in [0.29, 0.717) is 5.75 Å². The van der Waals surface area contributed by atoms with E-state index in [1.807, 2.05) is 18.2 Å². The van der Waals surface area contributed by atoms with Crippen LogP contribution < -0.4 is 10.1 Å². The lowest BCUT2D eigenvalue weighted by atomic mass is 10.2. The highest BCUT2D eigenvalue weighted by Gasteiger charge is 2.24. The minimum absolute atomic E-state index is 0.251. The van der Waals surface area contributed by atoms with Gasteiger partial charge in [-0.05, 0) is 35.0 Å². The van der Waals surface area contributed by atoms with Gasteiger partial charge in [-0.3, -0.25) is 0 Å². The minimum atomic E-state index is -0.276. The molecule has 0 fully saturated rings. The molecule has 1 N–H and O–H groups in total. The number of halogens is 1. The Morgan fingerprint density at radius 2 is 2.31 bits per heavy atom. The van der Waals surface area contributed by atoms with E-state index < -0.39 is 0 Å². The SMILES string of the molecule is CC1Nc2cccc(Br)c2OC1=O. The first-order valence-electron chi connectivity index (χ1n) is 3.95. The molecule has 13 heavy (non-hydrogen) atoms. The Labute approximate surface area is 84.2 Å². The van der Waals surface area contributed by atoms with E-state index in [9.17, 15) is 4.79 Å². The van der Waals surface area contributed by atoms with Crippen molar-refractivity contribution in [2.24, 2.45) is 0 Å². The molecule has 68 valence electrons. The van der Waals surface area contributed by atoms with Crippen molar-refractivity contribution < 1.29 is 9.53 Å². The Morgan fingerprint density at radius 3 is 3.08 bits per heavy atom.